The number of hydrogen-bond acceptors (Lipinski definition) is 4. The molecule has 150 valence electrons. The van der Waals surface area contributed by atoms with Crippen LogP contribution in [0.5, 0.6) is 5.75 Å². The van der Waals surface area contributed by atoms with Gasteiger partial charge in [0.2, 0.25) is 0 Å². The molecule has 0 fully saturated rings. The van der Waals surface area contributed by atoms with Crippen LogP contribution in [-0.2, 0) is 10.0 Å². The number of hydrogen-bond donors (Lipinski definition) is 2. The number of ether oxygens (including phenoxy) is 1. The maximum absolute atomic E-state index is 12.6. The number of amides is 1. The van der Waals surface area contributed by atoms with Crippen LogP contribution in [-0.4, -0.2) is 20.4 Å². The Morgan fingerprint density at radius 1 is 0.862 bits per heavy atom. The maximum Gasteiger partial charge on any atom is 0.261 e. The molecular weight excluding hydrogens is 388 g/mol. The van der Waals surface area contributed by atoms with E-state index in [1.165, 1.54) is 18.2 Å². The normalized spacial score (nSPS) is 11.1. The summed E-state index contributed by atoms with van der Waals surface area (Å²) in [6.45, 7) is 3.85. The van der Waals surface area contributed by atoms with Gasteiger partial charge in [-0.2, -0.15) is 0 Å². The lowest BCUT2D eigenvalue weighted by Crippen LogP contribution is -2.15. The zero-order valence-electron chi connectivity index (χ0n) is 16.1. The second kappa shape index (κ2) is 8.79. The number of carbonyl (C=O) groups is 1. The Morgan fingerprint density at radius 2 is 1.55 bits per heavy atom. The van der Waals surface area contributed by atoms with Gasteiger partial charge < -0.3 is 10.1 Å². The molecule has 0 heterocycles. The summed E-state index contributed by atoms with van der Waals surface area (Å²) in [7, 11) is -3.73. The Bertz CT molecular complexity index is 1100. The van der Waals surface area contributed by atoms with Gasteiger partial charge in [0.15, 0.2) is 0 Å². The summed E-state index contributed by atoms with van der Waals surface area (Å²) >= 11 is 0. The maximum atomic E-state index is 12.6. The second-order valence-electron chi connectivity index (χ2n) is 6.65. The van der Waals surface area contributed by atoms with E-state index < -0.39 is 10.0 Å². The summed E-state index contributed by atoms with van der Waals surface area (Å²) in [6, 6.07) is 21.5. The largest absolute Gasteiger partial charge is 0.491 e. The Morgan fingerprint density at radius 3 is 2.28 bits per heavy atom. The van der Waals surface area contributed by atoms with E-state index in [0.29, 0.717) is 22.7 Å². The SMILES string of the molecule is CC(C)Oc1cccc(NC(=O)c2cccc(NS(=O)(=O)c3ccccc3)c2)c1. The summed E-state index contributed by atoms with van der Waals surface area (Å²) in [4.78, 5) is 12.8. The highest BCUT2D eigenvalue weighted by atomic mass is 32.2. The van der Waals surface area contributed by atoms with Gasteiger partial charge in [-0.05, 0) is 56.3 Å². The van der Waals surface area contributed by atoms with Crippen molar-refractivity contribution in [2.24, 2.45) is 0 Å². The number of anilines is 2. The van der Waals surface area contributed by atoms with E-state index in [4.69, 9.17) is 4.74 Å². The first-order valence-electron chi connectivity index (χ1n) is 9.09. The molecule has 1 amide bonds. The highest BCUT2D eigenvalue weighted by Gasteiger charge is 2.15. The zero-order chi connectivity index (χ0) is 20.9. The fourth-order valence-electron chi connectivity index (χ4n) is 2.66. The standard InChI is InChI=1S/C22H22N2O4S/c1-16(2)28-20-11-7-9-18(15-20)23-22(25)17-8-6-10-19(14-17)24-29(26,27)21-12-4-3-5-13-21/h3-16,24H,1-2H3,(H,23,25). The van der Waals surface area contributed by atoms with E-state index in [1.807, 2.05) is 19.9 Å². The molecule has 3 aromatic carbocycles. The van der Waals surface area contributed by atoms with Crippen LogP contribution in [0.25, 0.3) is 0 Å². The molecule has 2 N–H and O–H groups in total. The minimum Gasteiger partial charge on any atom is -0.491 e. The molecule has 0 saturated carbocycles. The summed E-state index contributed by atoms with van der Waals surface area (Å²) in [5, 5.41) is 2.80. The number of rotatable bonds is 7. The third kappa shape index (κ3) is 5.58. The highest BCUT2D eigenvalue weighted by molar-refractivity contribution is 7.92. The Labute approximate surface area is 170 Å². The number of benzene rings is 3. The summed E-state index contributed by atoms with van der Waals surface area (Å²) < 4.78 is 33.1. The van der Waals surface area contributed by atoms with Crippen LogP contribution in [0.15, 0.2) is 83.8 Å². The van der Waals surface area contributed by atoms with Crippen molar-refractivity contribution in [3.8, 4) is 5.75 Å². The Kier molecular flexibility index (Phi) is 6.19. The van der Waals surface area contributed by atoms with Crippen LogP contribution in [0.2, 0.25) is 0 Å². The van der Waals surface area contributed by atoms with Gasteiger partial charge in [0.25, 0.3) is 15.9 Å². The summed E-state index contributed by atoms with van der Waals surface area (Å²) in [5.41, 5.74) is 1.22. The molecule has 3 rings (SSSR count). The van der Waals surface area contributed by atoms with Crippen molar-refractivity contribution in [2.75, 3.05) is 10.0 Å². The molecule has 0 spiro atoms. The van der Waals surface area contributed by atoms with Gasteiger partial charge in [-0.3, -0.25) is 9.52 Å². The fourth-order valence-corrected chi connectivity index (χ4v) is 3.73. The van der Waals surface area contributed by atoms with Crippen LogP contribution in [0.4, 0.5) is 11.4 Å². The molecule has 3 aromatic rings. The first kappa shape index (κ1) is 20.4. The lowest BCUT2D eigenvalue weighted by Gasteiger charge is -2.12. The molecule has 0 saturated heterocycles. The van der Waals surface area contributed by atoms with E-state index in [1.54, 1.807) is 54.6 Å². The third-order valence-corrected chi connectivity index (χ3v) is 5.29. The lowest BCUT2D eigenvalue weighted by atomic mass is 10.2. The first-order valence-corrected chi connectivity index (χ1v) is 10.6. The molecule has 7 heteroatoms. The van der Waals surface area contributed by atoms with E-state index in [-0.39, 0.29) is 16.9 Å². The van der Waals surface area contributed by atoms with E-state index >= 15 is 0 Å². The molecule has 6 nitrogen and oxygen atoms in total. The quantitative estimate of drug-likeness (QED) is 0.599. The van der Waals surface area contributed by atoms with Crippen molar-refractivity contribution >= 4 is 27.3 Å². The molecular formula is C22H22N2O4S. The van der Waals surface area contributed by atoms with E-state index in [0.717, 1.165) is 0 Å². The average molecular weight is 410 g/mol. The number of nitrogens with one attached hydrogen (secondary N) is 2. The van der Waals surface area contributed by atoms with Gasteiger partial charge in [0.1, 0.15) is 5.75 Å². The van der Waals surface area contributed by atoms with Crippen LogP contribution in [0, 0.1) is 0 Å². The lowest BCUT2D eigenvalue weighted by molar-refractivity contribution is 0.102. The van der Waals surface area contributed by atoms with Crippen molar-refractivity contribution in [3.63, 3.8) is 0 Å². The van der Waals surface area contributed by atoms with Gasteiger partial charge in [-0.1, -0.05) is 30.3 Å². The van der Waals surface area contributed by atoms with Gasteiger partial charge in [-0.25, -0.2) is 8.42 Å². The van der Waals surface area contributed by atoms with Crippen molar-refractivity contribution < 1.29 is 17.9 Å². The smallest absolute Gasteiger partial charge is 0.261 e. The second-order valence-corrected chi connectivity index (χ2v) is 8.33. The van der Waals surface area contributed by atoms with Crippen molar-refractivity contribution in [3.05, 3.63) is 84.4 Å². The Balaban J connectivity index is 1.75. The average Bonchev–Trinajstić information content (AvgIpc) is 2.68. The van der Waals surface area contributed by atoms with Gasteiger partial charge in [0, 0.05) is 23.0 Å². The number of carbonyl (C=O) groups excluding carboxylic acids is 1. The van der Waals surface area contributed by atoms with E-state index in [2.05, 4.69) is 10.0 Å². The molecule has 0 bridgehead atoms. The zero-order valence-corrected chi connectivity index (χ0v) is 16.9. The van der Waals surface area contributed by atoms with Gasteiger partial charge >= 0.3 is 0 Å². The molecule has 0 aliphatic heterocycles. The van der Waals surface area contributed by atoms with Crippen LogP contribution in [0.3, 0.4) is 0 Å². The molecule has 0 atom stereocenters. The Hall–Kier alpha value is -3.32. The molecule has 0 aliphatic rings. The number of sulfonamides is 1. The predicted molar refractivity (Wildman–Crippen MR) is 114 cm³/mol. The molecule has 0 radical (unpaired) electrons. The van der Waals surface area contributed by atoms with Crippen LogP contribution >= 0.6 is 0 Å². The predicted octanol–water partition coefficient (Wildman–Crippen LogP) is 4.53. The minimum absolute atomic E-state index is 0.0234. The molecule has 29 heavy (non-hydrogen) atoms. The highest BCUT2D eigenvalue weighted by Crippen LogP contribution is 2.21. The third-order valence-electron chi connectivity index (χ3n) is 3.89. The summed E-state index contributed by atoms with van der Waals surface area (Å²) in [5.74, 6) is 0.301. The van der Waals surface area contributed by atoms with E-state index in [9.17, 15) is 13.2 Å². The monoisotopic (exact) mass is 410 g/mol. The topological polar surface area (TPSA) is 84.5 Å². The minimum atomic E-state index is -3.73. The first-order chi connectivity index (χ1) is 13.8. The van der Waals surface area contributed by atoms with Crippen LogP contribution in [0.1, 0.15) is 24.2 Å². The van der Waals surface area contributed by atoms with Gasteiger partial charge in [-0.15, -0.1) is 0 Å². The molecule has 0 unspecified atom stereocenters. The van der Waals surface area contributed by atoms with Crippen LogP contribution < -0.4 is 14.8 Å². The van der Waals surface area contributed by atoms with Crippen molar-refractivity contribution in [1.29, 1.82) is 0 Å². The molecule has 0 aromatic heterocycles. The molecule has 0 aliphatic carbocycles. The summed E-state index contributed by atoms with van der Waals surface area (Å²) in [6.07, 6.45) is 0.0234. The van der Waals surface area contributed by atoms with Crippen molar-refractivity contribution in [1.82, 2.24) is 0 Å². The van der Waals surface area contributed by atoms with Gasteiger partial charge in [0.05, 0.1) is 11.0 Å². The van der Waals surface area contributed by atoms with Crippen molar-refractivity contribution in [2.45, 2.75) is 24.8 Å². The fraction of sp³-hybridized carbons (Fsp3) is 0.136.